The van der Waals surface area contributed by atoms with E-state index >= 15 is 0 Å². The van der Waals surface area contributed by atoms with Gasteiger partial charge in [0.05, 0.1) is 0 Å². The number of nitrogens with one attached hydrogen (secondary N) is 2. The molecular weight excluding hydrogens is 395 g/mol. The van der Waals surface area contributed by atoms with E-state index in [2.05, 4.69) is 40.9 Å². The molecule has 1 amide bonds. The van der Waals surface area contributed by atoms with Crippen molar-refractivity contribution in [2.24, 2.45) is 0 Å². The maximum Gasteiger partial charge on any atom is 0.216 e. The van der Waals surface area contributed by atoms with Gasteiger partial charge in [0, 0.05) is 55.2 Å². The van der Waals surface area contributed by atoms with Crippen LogP contribution in [0.4, 0.5) is 0 Å². The van der Waals surface area contributed by atoms with E-state index in [9.17, 15) is 14.2 Å². The molecule has 0 rings (SSSR count). The van der Waals surface area contributed by atoms with Gasteiger partial charge < -0.3 is 29.8 Å². The van der Waals surface area contributed by atoms with E-state index in [-0.39, 0.29) is 11.7 Å². The monoisotopic (exact) mass is 448 g/mol. The summed E-state index contributed by atoms with van der Waals surface area (Å²) in [4.78, 5) is 27.2. The molecule has 0 aromatic carbocycles. The summed E-state index contributed by atoms with van der Waals surface area (Å²) >= 11 is 0. The Kier molecular flexibility index (Phi) is 81.1. The predicted octanol–water partition coefficient (Wildman–Crippen LogP) is 3.81. The van der Waals surface area contributed by atoms with Crippen LogP contribution < -0.4 is 10.6 Å². The summed E-state index contributed by atoms with van der Waals surface area (Å²) in [5.74, 6) is 0.171. The molecule has 3 N–H and O–H groups in total. The fourth-order valence-corrected chi connectivity index (χ4v) is 0. The topological polar surface area (TPSA) is 114 Å². The summed E-state index contributed by atoms with van der Waals surface area (Å²) in [5, 5.41) is 5.32. The van der Waals surface area contributed by atoms with Crippen LogP contribution in [0, 0.1) is 0 Å². The van der Waals surface area contributed by atoms with Crippen LogP contribution in [0.25, 0.3) is 0 Å². The minimum Gasteiger partial charge on any atom is -0.388 e. The summed E-state index contributed by atoms with van der Waals surface area (Å²) in [6.07, 6.45) is 2.64. The number of rotatable bonds is 3. The Morgan fingerprint density at radius 1 is 0.897 bits per heavy atom. The van der Waals surface area contributed by atoms with Gasteiger partial charge in [0.1, 0.15) is 5.78 Å². The van der Waals surface area contributed by atoms with Crippen molar-refractivity contribution in [3.05, 3.63) is 0 Å². The Bertz CT molecular complexity index is 284. The fourth-order valence-electron chi connectivity index (χ4n) is 0. The van der Waals surface area contributed by atoms with Crippen LogP contribution in [0.5, 0.6) is 0 Å². The smallest absolute Gasteiger partial charge is 0.216 e. The molecule has 29 heavy (non-hydrogen) atoms. The largest absolute Gasteiger partial charge is 0.388 e. The zero-order chi connectivity index (χ0) is 25.3. The predicted molar refractivity (Wildman–Crippen MR) is 128 cm³/mol. The highest BCUT2D eigenvalue weighted by molar-refractivity contribution is 7.56. The van der Waals surface area contributed by atoms with Gasteiger partial charge in [-0.15, -0.1) is 0 Å². The lowest BCUT2D eigenvalue weighted by atomic mass is 10.4. The number of hydrogen-bond acceptors (Lipinski definition) is 6. The van der Waals surface area contributed by atoms with Gasteiger partial charge in [-0.2, -0.15) is 0 Å². The zero-order valence-electron chi connectivity index (χ0n) is 21.8. The summed E-state index contributed by atoms with van der Waals surface area (Å²) in [7, 11) is 5.82. The second-order valence-corrected chi connectivity index (χ2v) is 8.29. The number of methoxy groups -OCH3 is 2. The van der Waals surface area contributed by atoms with E-state index in [4.69, 9.17) is 4.89 Å². The molecule has 8 nitrogen and oxygen atoms in total. The molecule has 0 saturated carbocycles. The van der Waals surface area contributed by atoms with E-state index < -0.39 is 7.37 Å². The van der Waals surface area contributed by atoms with E-state index in [1.54, 1.807) is 28.4 Å². The maximum atomic E-state index is 9.77. The minimum atomic E-state index is -2.64. The number of ether oxygens (including phenoxy) is 2. The molecule has 9 heteroatoms. The molecule has 0 atom stereocenters. The summed E-state index contributed by atoms with van der Waals surface area (Å²) in [5.41, 5.74) is 0. The van der Waals surface area contributed by atoms with E-state index in [1.807, 2.05) is 14.0 Å². The second kappa shape index (κ2) is 50.7. The third-order valence-electron chi connectivity index (χ3n) is 1.49. The molecule has 184 valence electrons. The molecule has 0 radical (unpaired) electrons. The Balaban J connectivity index is -0.0000000392. The zero-order valence-corrected chi connectivity index (χ0v) is 22.7. The molecule has 0 aliphatic carbocycles. The molecule has 0 spiro atoms. The maximum absolute atomic E-state index is 9.77. The molecule has 0 aromatic heterocycles. The summed E-state index contributed by atoms with van der Waals surface area (Å²) in [6, 6.07) is 0. The van der Waals surface area contributed by atoms with Gasteiger partial charge in [-0.25, -0.2) is 0 Å². The van der Waals surface area contributed by atoms with Gasteiger partial charge in [0.25, 0.3) is 0 Å². The van der Waals surface area contributed by atoms with Crippen LogP contribution in [0.3, 0.4) is 0 Å². The number of ketones is 1. The van der Waals surface area contributed by atoms with Crippen molar-refractivity contribution in [3.63, 3.8) is 0 Å². The number of carbonyl (C=O) groups is 2. The van der Waals surface area contributed by atoms with E-state index in [1.165, 1.54) is 46.9 Å². The van der Waals surface area contributed by atoms with E-state index in [0.29, 0.717) is 0 Å². The summed E-state index contributed by atoms with van der Waals surface area (Å²) < 4.78 is 18.6. The highest BCUT2D eigenvalue weighted by Crippen LogP contribution is 2.27. The second-order valence-electron chi connectivity index (χ2n) is 5.70. The van der Waals surface area contributed by atoms with Crippen molar-refractivity contribution in [3.8, 4) is 0 Å². The molecule has 0 aromatic rings. The van der Waals surface area contributed by atoms with Crippen LogP contribution in [0.15, 0.2) is 0 Å². The molecular formula is C20H53N2O6P. The van der Waals surface area contributed by atoms with Crippen LogP contribution in [0.1, 0.15) is 61.3 Å². The van der Waals surface area contributed by atoms with Crippen molar-refractivity contribution in [2.75, 3.05) is 61.9 Å². The van der Waals surface area contributed by atoms with Crippen LogP contribution in [-0.2, 0) is 23.6 Å². The Hall–Kier alpha value is -0.790. The van der Waals surface area contributed by atoms with Gasteiger partial charge in [0.2, 0.25) is 5.91 Å². The van der Waals surface area contributed by atoms with Crippen molar-refractivity contribution >= 4 is 19.1 Å². The van der Waals surface area contributed by atoms with Crippen LogP contribution in [0.2, 0.25) is 0 Å². The molecule has 0 saturated heterocycles. The first-order valence-corrected chi connectivity index (χ1v) is 12.2. The lowest BCUT2D eigenvalue weighted by Gasteiger charge is -1.86. The number of hydrogen-bond donors (Lipinski definition) is 3. The van der Waals surface area contributed by atoms with E-state index in [0.717, 1.165) is 13.2 Å². The highest BCUT2D eigenvalue weighted by atomic mass is 31.2. The van der Waals surface area contributed by atoms with Gasteiger partial charge in [-0.05, 0) is 34.4 Å². The lowest BCUT2D eigenvalue weighted by Crippen LogP contribution is -2.11. The fraction of sp³-hybridized carbons (Fsp3) is 0.900. The minimum absolute atomic E-state index is 0.00463. The first-order chi connectivity index (χ1) is 13.2. The highest BCUT2D eigenvalue weighted by Gasteiger charge is 1.92. The van der Waals surface area contributed by atoms with Crippen molar-refractivity contribution in [1.29, 1.82) is 0 Å². The quantitative estimate of drug-likeness (QED) is 0.563. The number of unbranched alkanes of at least 4 members (excludes halogenated alkanes) is 1. The first kappa shape index (κ1) is 46.4. The SMILES string of the molecule is CC(C)=O.CCCC.CCNC.CCOC.CNC(C)=O.COC.CP(C)(=O)O. The average molecular weight is 449 g/mol. The number of amides is 1. The van der Waals surface area contributed by atoms with Gasteiger partial charge in [-0.1, -0.05) is 33.6 Å². The first-order valence-electron chi connectivity index (χ1n) is 9.63. The Morgan fingerprint density at radius 2 is 1.03 bits per heavy atom. The van der Waals surface area contributed by atoms with Crippen molar-refractivity contribution in [2.45, 2.75) is 61.3 Å². The Morgan fingerprint density at radius 3 is 1.03 bits per heavy atom. The van der Waals surface area contributed by atoms with Crippen LogP contribution in [-0.4, -0.2) is 78.5 Å². The third-order valence-corrected chi connectivity index (χ3v) is 1.49. The standard InChI is InChI=1S/C4H10.C3H7NO.C3H9N.C3H8O.C3H6O.C2H7O2P.C2H6O/c1-3-4-2;1-3(5)4-2;2*1-3-4-2;1-3(2)4;1-5(2,3)4;1-3-2/h3-4H2,1-2H3;1-2H3,(H,4,5);4H,3H2,1-2H3;3H2,1-2H3;1-2H3;1-2H3,(H,3,4);1-2H3. The van der Waals surface area contributed by atoms with Crippen molar-refractivity contribution < 1.29 is 28.5 Å². The van der Waals surface area contributed by atoms with Gasteiger partial charge >= 0.3 is 0 Å². The number of carbonyl (C=O) groups excluding carboxylic acids is 2. The normalized spacial score (nSPS) is 7.83. The van der Waals surface area contributed by atoms with Gasteiger partial charge in [0.15, 0.2) is 7.37 Å². The molecule has 0 fully saturated rings. The van der Waals surface area contributed by atoms with Crippen molar-refractivity contribution in [1.82, 2.24) is 10.6 Å². The molecule has 0 aliphatic heterocycles. The van der Waals surface area contributed by atoms with Crippen LogP contribution >= 0.6 is 7.37 Å². The number of Topliss-reactive ketones (excluding diaryl/α,β-unsaturated/α-hetero) is 1. The molecule has 0 aliphatic rings. The third kappa shape index (κ3) is 976. The Labute approximate surface area is 182 Å². The van der Waals surface area contributed by atoms with Gasteiger partial charge in [-0.3, -0.25) is 9.36 Å². The molecule has 0 unspecified atom stereocenters. The summed E-state index contributed by atoms with van der Waals surface area (Å²) in [6.45, 7) is 17.4. The molecule has 0 bridgehead atoms. The lowest BCUT2D eigenvalue weighted by molar-refractivity contribution is -0.118. The molecule has 0 heterocycles. The average Bonchev–Trinajstić information content (AvgIpc) is 2.61.